The van der Waals surface area contributed by atoms with Gasteiger partial charge in [0, 0.05) is 16.4 Å². The summed E-state index contributed by atoms with van der Waals surface area (Å²) in [4.78, 5) is 6.85. The molecular formula is C18H18BrN3O2S. The highest BCUT2D eigenvalue weighted by atomic mass is 79.9. The number of nitrogens with one attached hydrogen (secondary N) is 1. The van der Waals surface area contributed by atoms with E-state index >= 15 is 0 Å². The standard InChI is InChI=1S/C18H18BrN3O2S/c1-22(2)12-15-9-6-13-4-3-5-17(18(13)20-15)21-25(23,24)16-10-7-14(19)8-11-16/h3-11,21H,12H2,1-2H3. The molecule has 0 aliphatic carbocycles. The quantitative estimate of drug-likeness (QED) is 0.681. The average molecular weight is 420 g/mol. The molecular weight excluding hydrogens is 402 g/mol. The van der Waals surface area contributed by atoms with Gasteiger partial charge in [-0.15, -0.1) is 0 Å². The molecule has 0 unspecified atom stereocenters. The van der Waals surface area contributed by atoms with Crippen molar-refractivity contribution in [1.29, 1.82) is 0 Å². The van der Waals surface area contributed by atoms with E-state index in [0.717, 1.165) is 15.6 Å². The van der Waals surface area contributed by atoms with Gasteiger partial charge in [-0.25, -0.2) is 13.4 Å². The largest absolute Gasteiger partial charge is 0.304 e. The molecule has 0 aliphatic heterocycles. The number of hydrogen-bond acceptors (Lipinski definition) is 4. The van der Waals surface area contributed by atoms with Crippen LogP contribution in [-0.4, -0.2) is 32.4 Å². The zero-order valence-electron chi connectivity index (χ0n) is 13.9. The lowest BCUT2D eigenvalue weighted by Crippen LogP contribution is -2.14. The van der Waals surface area contributed by atoms with Crippen LogP contribution in [0.5, 0.6) is 0 Å². The number of hydrogen-bond donors (Lipinski definition) is 1. The summed E-state index contributed by atoms with van der Waals surface area (Å²) in [5.41, 5.74) is 2.00. The maximum atomic E-state index is 12.7. The molecule has 25 heavy (non-hydrogen) atoms. The van der Waals surface area contributed by atoms with Crippen molar-refractivity contribution in [2.75, 3.05) is 18.8 Å². The molecule has 0 fully saturated rings. The van der Waals surface area contributed by atoms with Crippen LogP contribution in [0.4, 0.5) is 5.69 Å². The highest BCUT2D eigenvalue weighted by Gasteiger charge is 2.16. The predicted octanol–water partition coefficient (Wildman–Crippen LogP) is 3.86. The highest BCUT2D eigenvalue weighted by molar-refractivity contribution is 9.10. The van der Waals surface area contributed by atoms with Crippen LogP contribution in [-0.2, 0) is 16.6 Å². The Morgan fingerprint density at radius 1 is 1.04 bits per heavy atom. The molecule has 1 N–H and O–H groups in total. The van der Waals surface area contributed by atoms with Crippen molar-refractivity contribution in [3.8, 4) is 0 Å². The number of rotatable bonds is 5. The van der Waals surface area contributed by atoms with Crippen LogP contribution in [0.2, 0.25) is 0 Å². The summed E-state index contributed by atoms with van der Waals surface area (Å²) < 4.78 is 28.8. The Hall–Kier alpha value is -1.96. The van der Waals surface area contributed by atoms with Crippen molar-refractivity contribution in [3.63, 3.8) is 0 Å². The SMILES string of the molecule is CN(C)Cc1ccc2cccc(NS(=O)(=O)c3ccc(Br)cc3)c2n1. The number of benzene rings is 2. The Kier molecular flexibility index (Phi) is 5.08. The first-order valence-corrected chi connectivity index (χ1v) is 9.94. The van der Waals surface area contributed by atoms with Crippen LogP contribution < -0.4 is 4.72 Å². The van der Waals surface area contributed by atoms with E-state index in [4.69, 9.17) is 0 Å². The van der Waals surface area contributed by atoms with Crippen LogP contribution in [0.25, 0.3) is 10.9 Å². The molecule has 0 aliphatic rings. The average Bonchev–Trinajstić information content (AvgIpc) is 2.55. The molecule has 0 radical (unpaired) electrons. The van der Waals surface area contributed by atoms with Crippen molar-refractivity contribution >= 4 is 42.5 Å². The number of aromatic nitrogens is 1. The molecule has 0 amide bonds. The van der Waals surface area contributed by atoms with Gasteiger partial charge in [-0.3, -0.25) is 4.72 Å². The third-order valence-corrected chi connectivity index (χ3v) is 5.53. The third-order valence-electron chi connectivity index (χ3n) is 3.62. The van der Waals surface area contributed by atoms with E-state index in [1.807, 2.05) is 43.3 Å². The third kappa shape index (κ3) is 4.18. The van der Waals surface area contributed by atoms with E-state index in [9.17, 15) is 8.42 Å². The van der Waals surface area contributed by atoms with Crippen molar-refractivity contribution in [1.82, 2.24) is 9.88 Å². The Labute approximate surface area is 155 Å². The van der Waals surface area contributed by atoms with E-state index in [-0.39, 0.29) is 4.90 Å². The van der Waals surface area contributed by atoms with Crippen LogP contribution >= 0.6 is 15.9 Å². The molecule has 1 heterocycles. The normalized spacial score (nSPS) is 11.8. The lowest BCUT2D eigenvalue weighted by atomic mass is 10.2. The molecule has 0 spiro atoms. The molecule has 130 valence electrons. The second kappa shape index (κ2) is 7.11. The second-order valence-corrected chi connectivity index (χ2v) is 8.58. The lowest BCUT2D eigenvalue weighted by Gasteiger charge is -2.13. The summed E-state index contributed by atoms with van der Waals surface area (Å²) in [5.74, 6) is 0. The molecule has 0 atom stereocenters. The van der Waals surface area contributed by atoms with E-state index in [1.54, 1.807) is 30.3 Å². The van der Waals surface area contributed by atoms with Crippen molar-refractivity contribution in [2.24, 2.45) is 0 Å². The summed E-state index contributed by atoms with van der Waals surface area (Å²) in [6, 6.07) is 15.9. The smallest absolute Gasteiger partial charge is 0.261 e. The number of anilines is 1. The van der Waals surface area contributed by atoms with Gasteiger partial charge in [-0.2, -0.15) is 0 Å². The summed E-state index contributed by atoms with van der Waals surface area (Å²) >= 11 is 3.31. The van der Waals surface area contributed by atoms with Gasteiger partial charge in [-0.1, -0.05) is 34.1 Å². The van der Waals surface area contributed by atoms with E-state index in [2.05, 4.69) is 25.6 Å². The Morgan fingerprint density at radius 2 is 1.76 bits per heavy atom. The molecule has 1 aromatic heterocycles. The number of nitrogens with zero attached hydrogens (tertiary/aromatic N) is 2. The van der Waals surface area contributed by atoms with Crippen molar-refractivity contribution in [3.05, 3.63) is 64.8 Å². The van der Waals surface area contributed by atoms with E-state index in [0.29, 0.717) is 17.7 Å². The van der Waals surface area contributed by atoms with Gasteiger partial charge in [0.15, 0.2) is 0 Å². The fourth-order valence-electron chi connectivity index (χ4n) is 2.50. The first kappa shape index (κ1) is 17.8. The molecule has 3 aromatic rings. The minimum absolute atomic E-state index is 0.206. The Balaban J connectivity index is 2.01. The summed E-state index contributed by atoms with van der Waals surface area (Å²) in [5, 5.41) is 0.888. The molecule has 3 rings (SSSR count). The summed E-state index contributed by atoms with van der Waals surface area (Å²) in [6.45, 7) is 0.684. The highest BCUT2D eigenvalue weighted by Crippen LogP contribution is 2.25. The first-order valence-electron chi connectivity index (χ1n) is 7.67. The molecule has 0 saturated heterocycles. The minimum atomic E-state index is -3.68. The van der Waals surface area contributed by atoms with Crippen LogP contribution in [0.3, 0.4) is 0 Å². The fraction of sp³-hybridized carbons (Fsp3) is 0.167. The molecule has 5 nitrogen and oxygen atoms in total. The van der Waals surface area contributed by atoms with Crippen LogP contribution in [0.15, 0.2) is 64.0 Å². The molecule has 0 bridgehead atoms. The minimum Gasteiger partial charge on any atom is -0.304 e. The van der Waals surface area contributed by atoms with Crippen molar-refractivity contribution in [2.45, 2.75) is 11.4 Å². The van der Waals surface area contributed by atoms with E-state index < -0.39 is 10.0 Å². The zero-order valence-corrected chi connectivity index (χ0v) is 16.3. The van der Waals surface area contributed by atoms with Crippen LogP contribution in [0, 0.1) is 0 Å². The number of para-hydroxylation sites is 1. The number of fused-ring (bicyclic) bond motifs is 1. The van der Waals surface area contributed by atoms with Crippen molar-refractivity contribution < 1.29 is 8.42 Å². The molecule has 0 saturated carbocycles. The second-order valence-electron chi connectivity index (χ2n) is 5.98. The summed E-state index contributed by atoms with van der Waals surface area (Å²) in [6.07, 6.45) is 0. The Morgan fingerprint density at radius 3 is 2.44 bits per heavy atom. The number of halogens is 1. The Bertz CT molecular complexity index is 1000. The maximum Gasteiger partial charge on any atom is 0.261 e. The summed E-state index contributed by atoms with van der Waals surface area (Å²) in [7, 11) is 0.254. The van der Waals surface area contributed by atoms with Gasteiger partial charge >= 0.3 is 0 Å². The van der Waals surface area contributed by atoms with Gasteiger partial charge in [0.05, 0.1) is 21.8 Å². The predicted molar refractivity (Wildman–Crippen MR) is 104 cm³/mol. The van der Waals surface area contributed by atoms with Gasteiger partial charge in [0.2, 0.25) is 0 Å². The number of pyridine rings is 1. The number of sulfonamides is 1. The van der Waals surface area contributed by atoms with Crippen LogP contribution in [0.1, 0.15) is 5.69 Å². The van der Waals surface area contributed by atoms with Gasteiger partial charge in [-0.05, 0) is 50.5 Å². The van der Waals surface area contributed by atoms with Gasteiger partial charge in [0.1, 0.15) is 0 Å². The molecule has 2 aromatic carbocycles. The topological polar surface area (TPSA) is 62.3 Å². The molecule has 7 heteroatoms. The van der Waals surface area contributed by atoms with Gasteiger partial charge < -0.3 is 4.90 Å². The van der Waals surface area contributed by atoms with Gasteiger partial charge in [0.25, 0.3) is 10.0 Å². The zero-order chi connectivity index (χ0) is 18.0. The van der Waals surface area contributed by atoms with E-state index in [1.165, 1.54) is 0 Å². The maximum absolute atomic E-state index is 12.7. The lowest BCUT2D eigenvalue weighted by molar-refractivity contribution is 0.397. The fourth-order valence-corrected chi connectivity index (χ4v) is 3.83. The first-order chi connectivity index (χ1) is 11.8. The monoisotopic (exact) mass is 419 g/mol.